The summed E-state index contributed by atoms with van der Waals surface area (Å²) in [5.41, 5.74) is 0.510. The molecule has 0 aliphatic carbocycles. The first kappa shape index (κ1) is 18.8. The molecule has 1 amide bonds. The van der Waals surface area contributed by atoms with Crippen molar-refractivity contribution in [3.8, 4) is 5.75 Å². The highest BCUT2D eigenvalue weighted by Crippen LogP contribution is 2.17. The van der Waals surface area contributed by atoms with Crippen LogP contribution in [0.5, 0.6) is 5.75 Å². The van der Waals surface area contributed by atoms with E-state index < -0.39 is 23.4 Å². The molecular weight excluding hydrogens is 333 g/mol. The van der Waals surface area contributed by atoms with E-state index in [1.807, 2.05) is 6.92 Å². The van der Waals surface area contributed by atoms with E-state index in [0.717, 1.165) is 23.1 Å². The second-order valence-corrected chi connectivity index (χ2v) is 5.60. The minimum Gasteiger partial charge on any atom is -0.494 e. The van der Waals surface area contributed by atoms with Gasteiger partial charge in [-0.05, 0) is 37.3 Å². The lowest BCUT2D eigenvalue weighted by Crippen LogP contribution is -3.11. The number of amides is 1. The molecule has 1 atom stereocenters. The Morgan fingerprint density at radius 3 is 2.52 bits per heavy atom. The molecule has 134 valence electrons. The van der Waals surface area contributed by atoms with Crippen LogP contribution < -0.4 is 15.0 Å². The number of halogens is 3. The van der Waals surface area contributed by atoms with Crippen molar-refractivity contribution in [1.29, 1.82) is 0 Å². The summed E-state index contributed by atoms with van der Waals surface area (Å²) in [4.78, 5) is 12.9. The third-order valence-corrected chi connectivity index (χ3v) is 3.78. The molecular formula is C18H20F3N2O2+. The molecule has 0 bridgehead atoms. The lowest BCUT2D eigenvalue weighted by molar-refractivity contribution is -0.903. The number of carbonyl (C=O) groups is 1. The maximum Gasteiger partial charge on any atom is 0.279 e. The highest BCUT2D eigenvalue weighted by molar-refractivity contribution is 5.91. The molecule has 2 aromatic rings. The SMILES string of the molecule is CC[NH+](CC(=O)Nc1cc(F)ccc1F)Cc1ccc(OC)c(F)c1. The fourth-order valence-electron chi connectivity index (χ4n) is 2.44. The summed E-state index contributed by atoms with van der Waals surface area (Å²) >= 11 is 0. The van der Waals surface area contributed by atoms with Crippen LogP contribution in [0.4, 0.5) is 18.9 Å². The van der Waals surface area contributed by atoms with Crippen molar-refractivity contribution in [2.45, 2.75) is 13.5 Å². The van der Waals surface area contributed by atoms with Crippen molar-refractivity contribution in [3.63, 3.8) is 0 Å². The van der Waals surface area contributed by atoms with Crippen LogP contribution in [-0.2, 0) is 11.3 Å². The molecule has 25 heavy (non-hydrogen) atoms. The molecule has 0 heterocycles. The van der Waals surface area contributed by atoms with Crippen LogP contribution in [0.1, 0.15) is 12.5 Å². The molecule has 0 fully saturated rings. The summed E-state index contributed by atoms with van der Waals surface area (Å²) in [5.74, 6) is -2.10. The van der Waals surface area contributed by atoms with E-state index in [-0.39, 0.29) is 18.0 Å². The van der Waals surface area contributed by atoms with E-state index >= 15 is 0 Å². The van der Waals surface area contributed by atoms with Gasteiger partial charge in [-0.3, -0.25) is 4.79 Å². The van der Waals surface area contributed by atoms with Crippen LogP contribution in [0.2, 0.25) is 0 Å². The number of carbonyl (C=O) groups excluding carboxylic acids is 1. The minimum absolute atomic E-state index is 0.0418. The van der Waals surface area contributed by atoms with Gasteiger partial charge in [-0.1, -0.05) is 0 Å². The summed E-state index contributed by atoms with van der Waals surface area (Å²) in [5, 5.41) is 2.36. The average Bonchev–Trinajstić information content (AvgIpc) is 2.57. The summed E-state index contributed by atoms with van der Waals surface area (Å²) in [6, 6.07) is 7.47. The third-order valence-electron chi connectivity index (χ3n) is 3.78. The van der Waals surface area contributed by atoms with Crippen molar-refractivity contribution in [3.05, 3.63) is 59.4 Å². The molecule has 0 saturated heterocycles. The van der Waals surface area contributed by atoms with Gasteiger partial charge in [0.1, 0.15) is 18.2 Å². The van der Waals surface area contributed by atoms with Crippen LogP contribution >= 0.6 is 0 Å². The van der Waals surface area contributed by atoms with Gasteiger partial charge in [0.25, 0.3) is 5.91 Å². The Morgan fingerprint density at radius 1 is 1.12 bits per heavy atom. The van der Waals surface area contributed by atoms with Crippen LogP contribution in [0.15, 0.2) is 36.4 Å². The topological polar surface area (TPSA) is 42.8 Å². The Morgan fingerprint density at radius 2 is 1.88 bits per heavy atom. The standard InChI is InChI=1S/C18H19F3N2O2/c1-3-23(10-12-4-7-17(25-2)15(21)8-12)11-18(24)22-16-9-13(19)5-6-14(16)20/h4-9H,3,10-11H2,1-2H3,(H,22,24)/p+1. The average molecular weight is 353 g/mol. The van der Waals surface area contributed by atoms with Gasteiger partial charge in [-0.25, -0.2) is 13.2 Å². The van der Waals surface area contributed by atoms with E-state index in [2.05, 4.69) is 5.32 Å². The lowest BCUT2D eigenvalue weighted by atomic mass is 10.2. The van der Waals surface area contributed by atoms with E-state index in [9.17, 15) is 18.0 Å². The monoisotopic (exact) mass is 353 g/mol. The second-order valence-electron chi connectivity index (χ2n) is 5.60. The number of quaternary nitrogens is 1. The molecule has 0 radical (unpaired) electrons. The van der Waals surface area contributed by atoms with Crippen molar-refractivity contribution in [1.82, 2.24) is 0 Å². The van der Waals surface area contributed by atoms with Gasteiger partial charge in [0.15, 0.2) is 18.1 Å². The predicted molar refractivity (Wildman–Crippen MR) is 88.0 cm³/mol. The number of methoxy groups -OCH3 is 1. The molecule has 0 saturated carbocycles. The van der Waals surface area contributed by atoms with Crippen LogP contribution in [0.3, 0.4) is 0 Å². The molecule has 2 rings (SSSR count). The molecule has 2 aromatic carbocycles. The fourth-order valence-corrected chi connectivity index (χ4v) is 2.44. The first-order valence-electron chi connectivity index (χ1n) is 7.83. The van der Waals surface area contributed by atoms with Gasteiger partial charge in [0, 0.05) is 11.6 Å². The van der Waals surface area contributed by atoms with Crippen molar-refractivity contribution in [2.75, 3.05) is 25.5 Å². The van der Waals surface area contributed by atoms with Crippen LogP contribution in [-0.4, -0.2) is 26.1 Å². The Balaban J connectivity index is 2.00. The number of nitrogens with one attached hydrogen (secondary N) is 2. The Kier molecular flexibility index (Phi) is 6.41. The predicted octanol–water partition coefficient (Wildman–Crippen LogP) is 2.16. The maximum absolute atomic E-state index is 13.7. The van der Waals surface area contributed by atoms with Gasteiger partial charge in [-0.15, -0.1) is 0 Å². The number of hydrogen-bond donors (Lipinski definition) is 2. The van der Waals surface area contributed by atoms with Crippen molar-refractivity contribution in [2.24, 2.45) is 0 Å². The molecule has 0 aliphatic rings. The van der Waals surface area contributed by atoms with Crippen molar-refractivity contribution >= 4 is 11.6 Å². The van der Waals surface area contributed by atoms with E-state index in [0.29, 0.717) is 18.7 Å². The maximum atomic E-state index is 13.7. The van der Waals surface area contributed by atoms with Gasteiger partial charge < -0.3 is 15.0 Å². The minimum atomic E-state index is -0.704. The van der Waals surface area contributed by atoms with Crippen LogP contribution in [0.25, 0.3) is 0 Å². The molecule has 0 aromatic heterocycles. The largest absolute Gasteiger partial charge is 0.494 e. The van der Waals surface area contributed by atoms with E-state index in [4.69, 9.17) is 4.74 Å². The molecule has 1 unspecified atom stereocenters. The molecule has 4 nitrogen and oxygen atoms in total. The van der Waals surface area contributed by atoms with Gasteiger partial charge in [-0.2, -0.15) is 0 Å². The number of ether oxygens (including phenoxy) is 1. The quantitative estimate of drug-likeness (QED) is 0.801. The smallest absolute Gasteiger partial charge is 0.279 e. The summed E-state index contributed by atoms with van der Waals surface area (Å²) in [6.07, 6.45) is 0. The summed E-state index contributed by atoms with van der Waals surface area (Å²) in [6.45, 7) is 2.94. The first-order chi connectivity index (χ1) is 11.9. The highest BCUT2D eigenvalue weighted by Gasteiger charge is 2.16. The number of benzene rings is 2. The number of rotatable bonds is 7. The summed E-state index contributed by atoms with van der Waals surface area (Å²) in [7, 11) is 1.39. The van der Waals surface area contributed by atoms with Gasteiger partial charge >= 0.3 is 0 Å². The Hall–Kier alpha value is -2.54. The third kappa shape index (κ3) is 5.22. The zero-order valence-corrected chi connectivity index (χ0v) is 14.0. The lowest BCUT2D eigenvalue weighted by Gasteiger charge is -2.18. The number of likely N-dealkylation sites (N-methyl/N-ethyl adjacent to an activating group) is 1. The van der Waals surface area contributed by atoms with E-state index in [1.54, 1.807) is 6.07 Å². The zero-order chi connectivity index (χ0) is 18.4. The first-order valence-corrected chi connectivity index (χ1v) is 7.83. The second kappa shape index (κ2) is 8.53. The highest BCUT2D eigenvalue weighted by atomic mass is 19.1. The molecule has 0 aliphatic heterocycles. The molecule has 0 spiro atoms. The molecule has 2 N–H and O–H groups in total. The van der Waals surface area contributed by atoms with E-state index in [1.165, 1.54) is 19.2 Å². The van der Waals surface area contributed by atoms with Gasteiger partial charge in [0.05, 0.1) is 19.3 Å². The number of anilines is 1. The fraction of sp³-hybridized carbons (Fsp3) is 0.278. The van der Waals surface area contributed by atoms with Crippen molar-refractivity contribution < 1.29 is 27.6 Å². The Labute approximate surface area is 144 Å². The normalized spacial score (nSPS) is 11.9. The van der Waals surface area contributed by atoms with Gasteiger partial charge in [0.2, 0.25) is 0 Å². The number of hydrogen-bond acceptors (Lipinski definition) is 2. The molecule has 7 heteroatoms. The van der Waals surface area contributed by atoms with Crippen LogP contribution in [0, 0.1) is 17.5 Å². The summed E-state index contributed by atoms with van der Waals surface area (Å²) < 4.78 is 45.3. The zero-order valence-electron chi connectivity index (χ0n) is 14.0. The Bertz CT molecular complexity index is 753.